The molecule has 1 fully saturated rings. The maximum absolute atomic E-state index is 13.2. The first kappa shape index (κ1) is 24.6. The Hall–Kier alpha value is -3.51. The SMILES string of the molecule is O=C(N[C@@H](CCCCN[C@@H]1C[C@H]1c1ccccc1)C(=O)NCc1ccccc1)c1ccc(F)cc1. The average Bonchev–Trinajstić information content (AvgIpc) is 3.67. The predicted octanol–water partition coefficient (Wildman–Crippen LogP) is 4.56. The fourth-order valence-electron chi connectivity index (χ4n) is 4.27. The first-order valence-electron chi connectivity index (χ1n) is 12.3. The van der Waals surface area contributed by atoms with Crippen LogP contribution in [0.2, 0.25) is 0 Å². The van der Waals surface area contributed by atoms with Gasteiger partial charge in [0.1, 0.15) is 11.9 Å². The molecule has 35 heavy (non-hydrogen) atoms. The molecule has 1 aliphatic carbocycles. The van der Waals surface area contributed by atoms with Crippen molar-refractivity contribution in [3.05, 3.63) is 107 Å². The molecule has 4 rings (SSSR count). The van der Waals surface area contributed by atoms with Crippen LogP contribution in [0.1, 0.15) is 53.1 Å². The summed E-state index contributed by atoms with van der Waals surface area (Å²) in [5.74, 6) is -0.422. The number of carbonyl (C=O) groups excluding carboxylic acids is 2. The van der Waals surface area contributed by atoms with Crippen LogP contribution in [0, 0.1) is 5.82 Å². The van der Waals surface area contributed by atoms with Crippen molar-refractivity contribution in [1.29, 1.82) is 0 Å². The van der Waals surface area contributed by atoms with Crippen LogP contribution in [-0.2, 0) is 11.3 Å². The Bertz CT molecular complexity index is 1090. The highest BCUT2D eigenvalue weighted by molar-refractivity contribution is 5.97. The molecule has 6 heteroatoms. The summed E-state index contributed by atoms with van der Waals surface area (Å²) in [5, 5.41) is 9.37. The van der Waals surface area contributed by atoms with Crippen molar-refractivity contribution in [3.63, 3.8) is 0 Å². The topological polar surface area (TPSA) is 70.2 Å². The second-order valence-corrected chi connectivity index (χ2v) is 9.05. The van der Waals surface area contributed by atoms with Crippen molar-refractivity contribution in [2.45, 2.75) is 50.2 Å². The number of unbranched alkanes of at least 4 members (excludes halogenated alkanes) is 1. The summed E-state index contributed by atoms with van der Waals surface area (Å²) in [6.07, 6.45) is 3.39. The Morgan fingerprint density at radius 3 is 2.29 bits per heavy atom. The number of halogens is 1. The molecule has 0 spiro atoms. The van der Waals surface area contributed by atoms with Gasteiger partial charge in [-0.2, -0.15) is 0 Å². The summed E-state index contributed by atoms with van der Waals surface area (Å²) in [4.78, 5) is 25.6. The van der Waals surface area contributed by atoms with Gasteiger partial charge >= 0.3 is 0 Å². The zero-order valence-electron chi connectivity index (χ0n) is 19.8. The Morgan fingerprint density at radius 1 is 0.886 bits per heavy atom. The smallest absolute Gasteiger partial charge is 0.251 e. The molecule has 3 N–H and O–H groups in total. The molecule has 2 amide bonds. The molecular formula is C29H32FN3O2. The fourth-order valence-corrected chi connectivity index (χ4v) is 4.27. The molecule has 0 aromatic heterocycles. The third-order valence-electron chi connectivity index (χ3n) is 6.38. The molecule has 0 aliphatic heterocycles. The number of carbonyl (C=O) groups is 2. The highest BCUT2D eigenvalue weighted by Crippen LogP contribution is 2.40. The molecule has 3 atom stereocenters. The second-order valence-electron chi connectivity index (χ2n) is 9.05. The normalized spacial score (nSPS) is 17.4. The summed E-state index contributed by atoms with van der Waals surface area (Å²) in [6.45, 7) is 1.27. The van der Waals surface area contributed by atoms with Crippen LogP contribution in [0.25, 0.3) is 0 Å². The maximum Gasteiger partial charge on any atom is 0.251 e. The molecule has 5 nitrogen and oxygen atoms in total. The minimum atomic E-state index is -0.658. The van der Waals surface area contributed by atoms with Crippen molar-refractivity contribution in [3.8, 4) is 0 Å². The number of hydrogen-bond acceptors (Lipinski definition) is 3. The summed E-state index contributed by atoms with van der Waals surface area (Å²) in [5.41, 5.74) is 2.70. The zero-order chi connectivity index (χ0) is 24.5. The fraction of sp³-hybridized carbons (Fsp3) is 0.310. The van der Waals surface area contributed by atoms with Crippen LogP contribution in [0.4, 0.5) is 4.39 Å². The van der Waals surface area contributed by atoms with Gasteiger partial charge in [-0.1, -0.05) is 60.7 Å². The number of amides is 2. The first-order chi connectivity index (χ1) is 17.1. The lowest BCUT2D eigenvalue weighted by atomic mass is 10.1. The molecular weight excluding hydrogens is 441 g/mol. The van der Waals surface area contributed by atoms with E-state index in [4.69, 9.17) is 0 Å². The van der Waals surface area contributed by atoms with E-state index < -0.39 is 11.9 Å². The lowest BCUT2D eigenvalue weighted by molar-refractivity contribution is -0.123. The van der Waals surface area contributed by atoms with Gasteiger partial charge < -0.3 is 16.0 Å². The number of hydrogen-bond donors (Lipinski definition) is 3. The van der Waals surface area contributed by atoms with Gasteiger partial charge in [0.15, 0.2) is 0 Å². The van der Waals surface area contributed by atoms with Gasteiger partial charge in [0.25, 0.3) is 5.91 Å². The third kappa shape index (κ3) is 7.49. The summed E-state index contributed by atoms with van der Waals surface area (Å²) in [6, 6.07) is 25.4. The van der Waals surface area contributed by atoms with E-state index in [2.05, 4.69) is 40.2 Å². The van der Waals surface area contributed by atoms with E-state index in [0.29, 0.717) is 30.5 Å². The molecule has 0 bridgehead atoms. The van der Waals surface area contributed by atoms with E-state index in [0.717, 1.165) is 31.4 Å². The van der Waals surface area contributed by atoms with E-state index >= 15 is 0 Å². The quantitative estimate of drug-likeness (QED) is 0.338. The van der Waals surface area contributed by atoms with E-state index in [1.165, 1.54) is 29.8 Å². The third-order valence-corrected chi connectivity index (χ3v) is 6.38. The maximum atomic E-state index is 13.2. The predicted molar refractivity (Wildman–Crippen MR) is 135 cm³/mol. The summed E-state index contributed by atoms with van der Waals surface area (Å²) >= 11 is 0. The average molecular weight is 474 g/mol. The molecule has 1 saturated carbocycles. The largest absolute Gasteiger partial charge is 0.350 e. The van der Waals surface area contributed by atoms with E-state index in [1.807, 2.05) is 36.4 Å². The molecule has 1 aliphatic rings. The van der Waals surface area contributed by atoms with E-state index in [1.54, 1.807) is 0 Å². The molecule has 0 unspecified atom stereocenters. The van der Waals surface area contributed by atoms with Crippen molar-refractivity contribution >= 4 is 11.8 Å². The van der Waals surface area contributed by atoms with E-state index in [-0.39, 0.29) is 11.8 Å². The van der Waals surface area contributed by atoms with Gasteiger partial charge in [0.2, 0.25) is 5.91 Å². The number of nitrogens with one attached hydrogen (secondary N) is 3. The molecule has 182 valence electrons. The molecule has 0 saturated heterocycles. The first-order valence-corrected chi connectivity index (χ1v) is 12.3. The van der Waals surface area contributed by atoms with Crippen molar-refractivity contribution in [1.82, 2.24) is 16.0 Å². The molecule has 0 radical (unpaired) electrons. The Labute approximate surface area is 206 Å². The van der Waals surface area contributed by atoms with Crippen LogP contribution in [-0.4, -0.2) is 30.4 Å². The van der Waals surface area contributed by atoms with Crippen molar-refractivity contribution < 1.29 is 14.0 Å². The minimum absolute atomic E-state index is 0.219. The number of benzene rings is 3. The van der Waals surface area contributed by atoms with Gasteiger partial charge in [0, 0.05) is 24.1 Å². The lowest BCUT2D eigenvalue weighted by Crippen LogP contribution is -2.46. The van der Waals surface area contributed by atoms with E-state index in [9.17, 15) is 14.0 Å². The summed E-state index contributed by atoms with van der Waals surface area (Å²) in [7, 11) is 0. The van der Waals surface area contributed by atoms with Crippen molar-refractivity contribution in [2.75, 3.05) is 6.54 Å². The van der Waals surface area contributed by atoms with Crippen LogP contribution in [0.5, 0.6) is 0 Å². The Balaban J connectivity index is 1.25. The lowest BCUT2D eigenvalue weighted by Gasteiger charge is -2.19. The highest BCUT2D eigenvalue weighted by Gasteiger charge is 2.37. The molecule has 3 aromatic carbocycles. The van der Waals surface area contributed by atoms with Crippen LogP contribution in [0.3, 0.4) is 0 Å². The monoisotopic (exact) mass is 473 g/mol. The number of rotatable bonds is 12. The van der Waals surface area contributed by atoms with Gasteiger partial charge in [-0.05, 0) is 67.6 Å². The van der Waals surface area contributed by atoms with Gasteiger partial charge in [-0.15, -0.1) is 0 Å². The van der Waals surface area contributed by atoms with Crippen LogP contribution < -0.4 is 16.0 Å². The zero-order valence-corrected chi connectivity index (χ0v) is 19.8. The minimum Gasteiger partial charge on any atom is -0.350 e. The van der Waals surface area contributed by atoms with Crippen LogP contribution >= 0.6 is 0 Å². The van der Waals surface area contributed by atoms with Gasteiger partial charge in [-0.3, -0.25) is 9.59 Å². The van der Waals surface area contributed by atoms with Crippen LogP contribution in [0.15, 0.2) is 84.9 Å². The molecule has 3 aromatic rings. The summed E-state index contributed by atoms with van der Waals surface area (Å²) < 4.78 is 13.2. The standard InChI is InChI=1S/C29H32FN3O2/c30-24-16-14-23(15-17-24)28(34)33-26(29(35)32-20-21-9-3-1-4-10-21)13-7-8-18-31-27-19-25(27)22-11-5-2-6-12-22/h1-6,9-12,14-17,25-27,31H,7-8,13,18-20H2,(H,32,35)(H,33,34)/t25-,26-,27+/m0/s1. The molecule has 0 heterocycles. The van der Waals surface area contributed by atoms with Crippen molar-refractivity contribution in [2.24, 2.45) is 0 Å². The van der Waals surface area contributed by atoms with Gasteiger partial charge in [-0.25, -0.2) is 4.39 Å². The highest BCUT2D eigenvalue weighted by atomic mass is 19.1. The Morgan fingerprint density at radius 2 is 1.57 bits per heavy atom. The van der Waals surface area contributed by atoms with Gasteiger partial charge in [0.05, 0.1) is 0 Å². The second kappa shape index (κ2) is 12.3. The Kier molecular flexibility index (Phi) is 8.63.